The number of aromatic hydroxyl groups is 1. The van der Waals surface area contributed by atoms with Crippen molar-refractivity contribution in [2.45, 2.75) is 19.9 Å². The Morgan fingerprint density at radius 1 is 1.28 bits per heavy atom. The first-order valence-electron chi connectivity index (χ1n) is 8.78. The van der Waals surface area contributed by atoms with Crippen LogP contribution in [0.5, 0.6) is 17.2 Å². The molecule has 0 aliphatic carbocycles. The van der Waals surface area contributed by atoms with Crippen molar-refractivity contribution in [2.75, 3.05) is 13.7 Å². The second kappa shape index (κ2) is 10.3. The van der Waals surface area contributed by atoms with Crippen LogP contribution in [-0.4, -0.2) is 42.9 Å². The summed E-state index contributed by atoms with van der Waals surface area (Å²) in [5.41, 5.74) is 3.26. The largest absolute Gasteiger partial charge is 0.503 e. The lowest BCUT2D eigenvalue weighted by atomic mass is 10.2. The van der Waals surface area contributed by atoms with E-state index in [2.05, 4.69) is 15.8 Å². The third kappa shape index (κ3) is 6.11. The molecule has 0 bridgehead atoms. The van der Waals surface area contributed by atoms with Gasteiger partial charge in [-0.05, 0) is 55.8 Å². The van der Waals surface area contributed by atoms with Crippen molar-refractivity contribution in [1.29, 1.82) is 0 Å². The molecule has 0 aliphatic heterocycles. The molecular weight excluding hydrogens is 398 g/mol. The maximum atomic E-state index is 12.2. The van der Waals surface area contributed by atoms with Crippen LogP contribution in [0.1, 0.15) is 29.8 Å². The van der Waals surface area contributed by atoms with Crippen LogP contribution in [0.25, 0.3) is 0 Å². The Morgan fingerprint density at radius 3 is 2.59 bits per heavy atom. The summed E-state index contributed by atoms with van der Waals surface area (Å²) in [6.45, 7) is 3.67. The summed E-state index contributed by atoms with van der Waals surface area (Å²) in [5.74, 6) is -0.218. The number of nitrogens with zero attached hydrogens (tertiary/aromatic N) is 1. The summed E-state index contributed by atoms with van der Waals surface area (Å²) >= 11 is 5.95. The number of amides is 2. The first-order valence-corrected chi connectivity index (χ1v) is 9.16. The summed E-state index contributed by atoms with van der Waals surface area (Å²) in [6, 6.07) is 8.71. The highest BCUT2D eigenvalue weighted by atomic mass is 35.5. The number of carbonyl (C=O) groups is 2. The molecule has 1 atom stereocenters. The van der Waals surface area contributed by atoms with E-state index >= 15 is 0 Å². The van der Waals surface area contributed by atoms with Crippen LogP contribution in [-0.2, 0) is 4.79 Å². The lowest BCUT2D eigenvalue weighted by Crippen LogP contribution is -2.43. The molecule has 2 rings (SSSR count). The van der Waals surface area contributed by atoms with Crippen LogP contribution >= 0.6 is 11.6 Å². The fraction of sp³-hybridized carbons (Fsp3) is 0.250. The Kier molecular flexibility index (Phi) is 7.85. The predicted molar refractivity (Wildman–Crippen MR) is 110 cm³/mol. The van der Waals surface area contributed by atoms with E-state index in [9.17, 15) is 14.7 Å². The molecule has 29 heavy (non-hydrogen) atoms. The maximum Gasteiger partial charge on any atom is 0.262 e. The number of methoxy groups -OCH3 is 1. The summed E-state index contributed by atoms with van der Waals surface area (Å²) in [6.07, 6.45) is 1.35. The minimum atomic E-state index is -0.816. The van der Waals surface area contributed by atoms with Crippen molar-refractivity contribution in [3.63, 3.8) is 0 Å². The van der Waals surface area contributed by atoms with Crippen molar-refractivity contribution >= 4 is 29.6 Å². The second-order valence-corrected chi connectivity index (χ2v) is 6.35. The Bertz CT molecular complexity index is 900. The predicted octanol–water partition coefficient (Wildman–Crippen LogP) is 2.72. The zero-order valence-electron chi connectivity index (χ0n) is 16.2. The first-order chi connectivity index (χ1) is 13.8. The van der Waals surface area contributed by atoms with Crippen LogP contribution in [0, 0.1) is 0 Å². The molecule has 3 N–H and O–H groups in total. The lowest BCUT2D eigenvalue weighted by molar-refractivity contribution is -0.122. The first kappa shape index (κ1) is 22.0. The molecule has 1 unspecified atom stereocenters. The van der Waals surface area contributed by atoms with E-state index in [4.69, 9.17) is 21.1 Å². The molecule has 0 aromatic heterocycles. The summed E-state index contributed by atoms with van der Waals surface area (Å²) < 4.78 is 10.3. The Labute approximate surface area is 173 Å². The van der Waals surface area contributed by atoms with Gasteiger partial charge in [-0.2, -0.15) is 5.10 Å². The highest BCUT2D eigenvalue weighted by Crippen LogP contribution is 2.34. The monoisotopic (exact) mass is 419 g/mol. The number of nitrogens with one attached hydrogen (secondary N) is 2. The van der Waals surface area contributed by atoms with Gasteiger partial charge >= 0.3 is 0 Å². The molecule has 0 aliphatic rings. The van der Waals surface area contributed by atoms with E-state index in [-0.39, 0.29) is 16.5 Å². The van der Waals surface area contributed by atoms with Crippen LogP contribution in [0.2, 0.25) is 5.02 Å². The molecule has 2 amide bonds. The topological polar surface area (TPSA) is 109 Å². The number of hydrogen-bond donors (Lipinski definition) is 3. The smallest absolute Gasteiger partial charge is 0.262 e. The van der Waals surface area contributed by atoms with Gasteiger partial charge in [0.1, 0.15) is 11.8 Å². The summed E-state index contributed by atoms with van der Waals surface area (Å²) in [7, 11) is 1.53. The standard InChI is InChI=1S/C20H22ClN3O5/c1-4-29-17-10-13(9-16(21)18(17)25)11-22-24-19(26)12(2)23-20(27)14-5-7-15(28-3)8-6-14/h5-12,25H,4H2,1-3H3,(H,23,27)(H,24,26)/b22-11+. The Balaban J connectivity index is 1.94. The third-order valence-corrected chi connectivity index (χ3v) is 4.12. The van der Waals surface area contributed by atoms with Gasteiger partial charge < -0.3 is 19.9 Å². The molecule has 2 aromatic carbocycles. The van der Waals surface area contributed by atoms with Crippen LogP contribution in [0.4, 0.5) is 0 Å². The van der Waals surface area contributed by atoms with Gasteiger partial charge in [-0.1, -0.05) is 11.6 Å². The van der Waals surface area contributed by atoms with E-state index in [1.807, 2.05) is 0 Å². The maximum absolute atomic E-state index is 12.2. The van der Waals surface area contributed by atoms with Gasteiger partial charge in [-0.25, -0.2) is 5.43 Å². The number of phenols is 1. The summed E-state index contributed by atoms with van der Waals surface area (Å²) in [4.78, 5) is 24.3. The molecule has 9 heteroatoms. The van der Waals surface area contributed by atoms with E-state index < -0.39 is 17.9 Å². The molecule has 0 heterocycles. The SMILES string of the molecule is CCOc1cc(/C=N/NC(=O)C(C)NC(=O)c2ccc(OC)cc2)cc(Cl)c1O. The van der Waals surface area contributed by atoms with Crippen molar-refractivity contribution < 1.29 is 24.2 Å². The number of hydrogen-bond acceptors (Lipinski definition) is 6. The van der Waals surface area contributed by atoms with Crippen LogP contribution < -0.4 is 20.2 Å². The zero-order valence-corrected chi connectivity index (χ0v) is 17.0. The van der Waals surface area contributed by atoms with Crippen molar-refractivity contribution in [3.05, 3.63) is 52.5 Å². The number of ether oxygens (including phenoxy) is 2. The van der Waals surface area contributed by atoms with E-state index in [1.165, 1.54) is 32.4 Å². The fourth-order valence-electron chi connectivity index (χ4n) is 2.29. The van der Waals surface area contributed by atoms with Crippen molar-refractivity contribution in [1.82, 2.24) is 10.7 Å². The highest BCUT2D eigenvalue weighted by Gasteiger charge is 2.16. The normalized spacial score (nSPS) is 11.7. The average molecular weight is 420 g/mol. The number of hydrazone groups is 1. The van der Waals surface area contributed by atoms with Gasteiger partial charge in [0.15, 0.2) is 11.5 Å². The van der Waals surface area contributed by atoms with Gasteiger partial charge in [0.05, 0.1) is 25.0 Å². The quantitative estimate of drug-likeness (QED) is 0.450. The van der Waals surface area contributed by atoms with Crippen molar-refractivity contribution in [2.24, 2.45) is 5.10 Å². The minimum Gasteiger partial charge on any atom is -0.503 e. The third-order valence-electron chi connectivity index (χ3n) is 3.83. The van der Waals surface area contributed by atoms with E-state index in [1.54, 1.807) is 31.2 Å². The van der Waals surface area contributed by atoms with Crippen molar-refractivity contribution in [3.8, 4) is 17.2 Å². The fourth-order valence-corrected chi connectivity index (χ4v) is 2.51. The minimum absolute atomic E-state index is 0.101. The Hall–Kier alpha value is -3.26. The van der Waals surface area contributed by atoms with Gasteiger partial charge in [-0.3, -0.25) is 9.59 Å². The van der Waals surface area contributed by atoms with Gasteiger partial charge in [-0.15, -0.1) is 0 Å². The van der Waals surface area contributed by atoms with Crippen LogP contribution in [0.15, 0.2) is 41.5 Å². The van der Waals surface area contributed by atoms with Gasteiger partial charge in [0, 0.05) is 5.56 Å². The number of phenolic OH excluding ortho intramolecular Hbond substituents is 1. The lowest BCUT2D eigenvalue weighted by Gasteiger charge is -2.12. The number of halogens is 1. The van der Waals surface area contributed by atoms with E-state index in [0.717, 1.165) is 0 Å². The number of rotatable bonds is 8. The summed E-state index contributed by atoms with van der Waals surface area (Å²) in [5, 5.41) is 16.4. The molecular formula is C20H22ClN3O5. The number of benzene rings is 2. The van der Waals surface area contributed by atoms with Crippen LogP contribution in [0.3, 0.4) is 0 Å². The molecule has 0 spiro atoms. The zero-order chi connectivity index (χ0) is 21.4. The molecule has 8 nitrogen and oxygen atoms in total. The van der Waals surface area contributed by atoms with Gasteiger partial charge in [0.25, 0.3) is 11.8 Å². The Morgan fingerprint density at radius 2 is 1.97 bits per heavy atom. The molecule has 0 radical (unpaired) electrons. The molecule has 2 aromatic rings. The second-order valence-electron chi connectivity index (χ2n) is 5.94. The van der Waals surface area contributed by atoms with E-state index in [0.29, 0.717) is 23.5 Å². The molecule has 0 saturated carbocycles. The average Bonchev–Trinajstić information content (AvgIpc) is 2.71. The molecule has 0 fully saturated rings. The molecule has 154 valence electrons. The number of carbonyl (C=O) groups excluding carboxylic acids is 2. The van der Waals surface area contributed by atoms with Gasteiger partial charge in [0.2, 0.25) is 0 Å². The highest BCUT2D eigenvalue weighted by molar-refractivity contribution is 6.32. The molecule has 0 saturated heterocycles.